The van der Waals surface area contributed by atoms with Crippen LogP contribution in [0.1, 0.15) is 4.79 Å². The van der Waals surface area contributed by atoms with Gasteiger partial charge in [-0.25, -0.2) is 13.8 Å². The Bertz CT molecular complexity index is 897. The molecule has 3 rings (SSSR count). The van der Waals surface area contributed by atoms with E-state index in [2.05, 4.69) is 4.98 Å². The van der Waals surface area contributed by atoms with Crippen molar-refractivity contribution in [2.75, 3.05) is 12.3 Å². The van der Waals surface area contributed by atoms with E-state index in [-0.39, 0.29) is 6.61 Å². The smallest absolute Gasteiger partial charge is 0.333 e. The van der Waals surface area contributed by atoms with Crippen LogP contribution in [0.25, 0.3) is 11.0 Å². The molecule has 0 unspecified atom stereocenters. The highest BCUT2D eigenvalue weighted by Gasteiger charge is 2.14. The highest BCUT2D eigenvalue weighted by Crippen LogP contribution is 2.15. The van der Waals surface area contributed by atoms with Crippen LogP contribution in [0.4, 0.5) is 10.1 Å². The number of anilines is 1. The normalized spacial score (nSPS) is 10.8. The predicted octanol–water partition coefficient (Wildman–Crippen LogP) is 1.77. The molecule has 7 heteroatoms. The maximum absolute atomic E-state index is 12.8. The number of H-pyrrole nitrogens is 1. The average molecular weight is 301 g/mol. The third-order valence-corrected chi connectivity index (χ3v) is 3.13. The number of hydrogen-bond donors (Lipinski definition) is 2. The Hall–Kier alpha value is -3.09. The molecule has 0 saturated heterocycles. The number of imidazole rings is 1. The molecule has 112 valence electrons. The molecule has 2 aromatic carbocycles. The van der Waals surface area contributed by atoms with Crippen molar-refractivity contribution in [2.45, 2.75) is 0 Å². The molecule has 1 aromatic heterocycles. The number of fused-ring (bicyclic) bond motifs is 1. The van der Waals surface area contributed by atoms with Crippen molar-refractivity contribution < 1.29 is 13.9 Å². The molecule has 0 amide bonds. The lowest BCUT2D eigenvalue weighted by molar-refractivity contribution is 0.0839. The van der Waals surface area contributed by atoms with Crippen molar-refractivity contribution >= 4 is 22.6 Å². The van der Waals surface area contributed by atoms with E-state index in [1.54, 1.807) is 18.2 Å². The summed E-state index contributed by atoms with van der Waals surface area (Å²) in [6.45, 7) is -0.344. The fourth-order valence-electron chi connectivity index (χ4n) is 2.12. The van der Waals surface area contributed by atoms with Crippen molar-refractivity contribution in [3.05, 3.63) is 58.8 Å². The minimum absolute atomic E-state index is 0.340. The second kappa shape index (κ2) is 5.36. The molecular weight excluding hydrogens is 289 g/mol. The van der Waals surface area contributed by atoms with Gasteiger partial charge in [0, 0.05) is 5.69 Å². The van der Waals surface area contributed by atoms with Crippen LogP contribution < -0.4 is 16.2 Å². The van der Waals surface area contributed by atoms with Crippen LogP contribution in [0, 0.1) is 5.82 Å². The third kappa shape index (κ3) is 2.56. The van der Waals surface area contributed by atoms with E-state index < -0.39 is 17.4 Å². The molecule has 0 aliphatic carbocycles. The zero-order valence-electron chi connectivity index (χ0n) is 11.4. The molecule has 1 heterocycles. The third-order valence-electron chi connectivity index (χ3n) is 3.13. The maximum atomic E-state index is 12.8. The molecule has 0 spiro atoms. The van der Waals surface area contributed by atoms with Gasteiger partial charge in [0.2, 0.25) is 0 Å². The molecular formula is C15H12FN3O3. The first kappa shape index (κ1) is 13.9. The summed E-state index contributed by atoms with van der Waals surface area (Å²) in [5.74, 6) is -0.596. The van der Waals surface area contributed by atoms with Crippen LogP contribution in [0.15, 0.2) is 47.3 Å². The minimum Gasteiger partial charge on any atom is -0.484 e. The summed E-state index contributed by atoms with van der Waals surface area (Å²) in [6.07, 6.45) is 0. The standard InChI is InChI=1S/C15H12FN3O3/c16-9-1-4-11(5-2-9)22-8-14(20)19-13-6-3-10(17)7-12(13)18-15(19)21/h1-7H,8,17H2,(H,18,21). The summed E-state index contributed by atoms with van der Waals surface area (Å²) in [5.41, 5.74) is 6.45. The number of nitrogens with two attached hydrogens (primary N) is 1. The van der Waals surface area contributed by atoms with Gasteiger partial charge in [0.25, 0.3) is 5.91 Å². The number of halogens is 1. The molecule has 0 saturated carbocycles. The van der Waals surface area contributed by atoms with Gasteiger partial charge in [0.1, 0.15) is 11.6 Å². The van der Waals surface area contributed by atoms with Crippen LogP contribution in [-0.2, 0) is 0 Å². The molecule has 22 heavy (non-hydrogen) atoms. The van der Waals surface area contributed by atoms with Crippen molar-refractivity contribution in [1.29, 1.82) is 0 Å². The summed E-state index contributed by atoms with van der Waals surface area (Å²) < 4.78 is 19.0. The van der Waals surface area contributed by atoms with Crippen LogP contribution >= 0.6 is 0 Å². The summed E-state index contributed by atoms with van der Waals surface area (Å²) in [7, 11) is 0. The minimum atomic E-state index is -0.562. The second-order valence-corrected chi connectivity index (χ2v) is 4.68. The van der Waals surface area contributed by atoms with Crippen LogP contribution in [0.5, 0.6) is 5.75 Å². The second-order valence-electron chi connectivity index (χ2n) is 4.68. The zero-order valence-corrected chi connectivity index (χ0v) is 11.4. The van der Waals surface area contributed by atoms with Crippen molar-refractivity contribution in [3.8, 4) is 5.75 Å². The molecule has 0 bridgehead atoms. The molecule has 3 N–H and O–H groups in total. The van der Waals surface area contributed by atoms with Crippen molar-refractivity contribution in [1.82, 2.24) is 9.55 Å². The van der Waals surface area contributed by atoms with Gasteiger partial charge in [-0.1, -0.05) is 0 Å². The molecule has 0 atom stereocenters. The van der Waals surface area contributed by atoms with E-state index in [1.807, 2.05) is 0 Å². The Balaban J connectivity index is 1.84. The number of ether oxygens (including phenoxy) is 1. The number of nitrogens with zero attached hydrogens (tertiary/aromatic N) is 1. The monoisotopic (exact) mass is 301 g/mol. The van der Waals surface area contributed by atoms with Gasteiger partial charge in [-0.05, 0) is 42.5 Å². The molecule has 6 nitrogen and oxygen atoms in total. The summed E-state index contributed by atoms with van der Waals surface area (Å²) in [5, 5.41) is 0. The van der Waals surface area contributed by atoms with E-state index in [1.165, 1.54) is 24.3 Å². The van der Waals surface area contributed by atoms with E-state index in [4.69, 9.17) is 10.5 Å². The fourth-order valence-corrected chi connectivity index (χ4v) is 2.12. The predicted molar refractivity (Wildman–Crippen MR) is 79.5 cm³/mol. The molecule has 0 fully saturated rings. The zero-order chi connectivity index (χ0) is 15.7. The van der Waals surface area contributed by atoms with E-state index in [0.29, 0.717) is 22.5 Å². The lowest BCUT2D eigenvalue weighted by Gasteiger charge is -2.06. The van der Waals surface area contributed by atoms with E-state index >= 15 is 0 Å². The Labute approximate surface area is 123 Å². The van der Waals surface area contributed by atoms with Gasteiger partial charge in [-0.2, -0.15) is 0 Å². The van der Waals surface area contributed by atoms with Crippen molar-refractivity contribution in [3.63, 3.8) is 0 Å². The molecule has 0 radical (unpaired) electrons. The first-order valence-corrected chi connectivity index (χ1v) is 6.46. The van der Waals surface area contributed by atoms with E-state index in [0.717, 1.165) is 4.57 Å². The molecule has 3 aromatic rings. The lowest BCUT2D eigenvalue weighted by atomic mass is 10.3. The van der Waals surface area contributed by atoms with Gasteiger partial charge >= 0.3 is 5.69 Å². The first-order valence-electron chi connectivity index (χ1n) is 6.46. The Morgan fingerprint density at radius 3 is 2.68 bits per heavy atom. The van der Waals surface area contributed by atoms with Crippen LogP contribution in [-0.4, -0.2) is 22.1 Å². The molecule has 0 aliphatic heterocycles. The lowest BCUT2D eigenvalue weighted by Crippen LogP contribution is -2.28. The van der Waals surface area contributed by atoms with E-state index in [9.17, 15) is 14.0 Å². The van der Waals surface area contributed by atoms with Gasteiger partial charge < -0.3 is 15.5 Å². The maximum Gasteiger partial charge on any atom is 0.333 e. The number of rotatable bonds is 3. The first-order chi connectivity index (χ1) is 10.5. The Kier molecular flexibility index (Phi) is 3.38. The van der Waals surface area contributed by atoms with Crippen LogP contribution in [0.3, 0.4) is 0 Å². The highest BCUT2D eigenvalue weighted by atomic mass is 19.1. The number of aromatic nitrogens is 2. The van der Waals surface area contributed by atoms with Gasteiger partial charge in [0.05, 0.1) is 11.0 Å². The number of nitrogen functional groups attached to an aromatic ring is 1. The average Bonchev–Trinajstić information content (AvgIpc) is 2.81. The number of benzene rings is 2. The number of carbonyl (C=O) groups is 1. The topological polar surface area (TPSA) is 90.1 Å². The largest absolute Gasteiger partial charge is 0.484 e. The van der Waals surface area contributed by atoms with Crippen LogP contribution in [0.2, 0.25) is 0 Å². The highest BCUT2D eigenvalue weighted by molar-refractivity contribution is 5.91. The summed E-state index contributed by atoms with van der Waals surface area (Å²) in [6, 6.07) is 10.0. The van der Waals surface area contributed by atoms with Gasteiger partial charge in [0.15, 0.2) is 6.61 Å². The Morgan fingerprint density at radius 1 is 1.23 bits per heavy atom. The summed E-state index contributed by atoms with van der Waals surface area (Å²) in [4.78, 5) is 26.6. The SMILES string of the molecule is Nc1ccc2c(c1)[nH]c(=O)n2C(=O)COc1ccc(F)cc1. The molecule has 0 aliphatic rings. The quantitative estimate of drug-likeness (QED) is 0.721. The number of hydrogen-bond acceptors (Lipinski definition) is 4. The Morgan fingerprint density at radius 2 is 1.95 bits per heavy atom. The van der Waals surface area contributed by atoms with Gasteiger partial charge in [-0.15, -0.1) is 0 Å². The number of carbonyl (C=O) groups excluding carboxylic acids is 1. The number of nitrogens with one attached hydrogen (secondary N) is 1. The van der Waals surface area contributed by atoms with Crippen molar-refractivity contribution in [2.24, 2.45) is 0 Å². The summed E-state index contributed by atoms with van der Waals surface area (Å²) >= 11 is 0. The van der Waals surface area contributed by atoms with Gasteiger partial charge in [-0.3, -0.25) is 4.79 Å². The number of aromatic amines is 1. The fraction of sp³-hybridized carbons (Fsp3) is 0.0667.